The average Bonchev–Trinajstić information content (AvgIpc) is 2.98. The van der Waals surface area contributed by atoms with Crippen LogP contribution in [0.4, 0.5) is 5.69 Å². The molecule has 2 aromatic carbocycles. The molecule has 3 rings (SSSR count). The number of amides is 1. The van der Waals surface area contributed by atoms with Gasteiger partial charge in [0.15, 0.2) is 5.17 Å². The number of amidine groups is 1. The molecule has 1 amide bonds. The van der Waals surface area contributed by atoms with E-state index >= 15 is 0 Å². The van der Waals surface area contributed by atoms with Crippen molar-refractivity contribution in [3.8, 4) is 5.75 Å². The molecule has 0 radical (unpaired) electrons. The molecule has 1 aliphatic heterocycles. The zero-order valence-corrected chi connectivity index (χ0v) is 15.5. The van der Waals surface area contributed by atoms with Crippen LogP contribution in [0.2, 0.25) is 0 Å². The van der Waals surface area contributed by atoms with E-state index < -0.39 is 5.97 Å². The summed E-state index contributed by atoms with van der Waals surface area (Å²) in [6.45, 7) is 0. The van der Waals surface area contributed by atoms with Crippen molar-refractivity contribution in [2.45, 2.75) is 6.42 Å². The van der Waals surface area contributed by atoms with Crippen LogP contribution in [0, 0.1) is 0 Å². The first-order valence-corrected chi connectivity index (χ1v) is 9.25. The summed E-state index contributed by atoms with van der Waals surface area (Å²) in [5, 5.41) is 9.34. The van der Waals surface area contributed by atoms with Crippen LogP contribution in [0.25, 0.3) is 6.08 Å². The fourth-order valence-corrected chi connectivity index (χ4v) is 3.43. The van der Waals surface area contributed by atoms with Crippen molar-refractivity contribution in [1.82, 2.24) is 0 Å². The van der Waals surface area contributed by atoms with Crippen molar-refractivity contribution in [3.05, 3.63) is 65.9 Å². The average molecular weight is 382 g/mol. The minimum Gasteiger partial charge on any atom is -0.497 e. The van der Waals surface area contributed by atoms with E-state index in [9.17, 15) is 9.59 Å². The number of carboxylic acid groups (broad SMARTS) is 1. The van der Waals surface area contributed by atoms with Crippen molar-refractivity contribution in [1.29, 1.82) is 0 Å². The third-order valence-corrected chi connectivity index (χ3v) is 4.75. The molecule has 138 valence electrons. The maximum absolute atomic E-state index is 12.9. The van der Waals surface area contributed by atoms with Crippen LogP contribution in [0.3, 0.4) is 0 Å². The number of para-hydroxylation sites is 1. The van der Waals surface area contributed by atoms with Gasteiger partial charge < -0.3 is 9.84 Å². The fraction of sp³-hybridized carbons (Fsp3) is 0.150. The highest BCUT2D eigenvalue weighted by atomic mass is 32.2. The van der Waals surface area contributed by atoms with Crippen LogP contribution in [0.1, 0.15) is 12.0 Å². The summed E-state index contributed by atoms with van der Waals surface area (Å²) in [4.78, 5) is 29.7. The second-order valence-corrected chi connectivity index (χ2v) is 6.73. The minimum atomic E-state index is -0.882. The Balaban J connectivity index is 1.89. The Hall–Kier alpha value is -3.06. The predicted octanol–water partition coefficient (Wildman–Crippen LogP) is 3.65. The van der Waals surface area contributed by atoms with Gasteiger partial charge in [-0.05, 0) is 35.9 Å². The monoisotopic (exact) mass is 382 g/mol. The lowest BCUT2D eigenvalue weighted by Gasteiger charge is -2.17. The molecule has 2 aromatic rings. The largest absolute Gasteiger partial charge is 0.497 e. The maximum atomic E-state index is 12.9. The number of aliphatic carboxylic acids is 1. The van der Waals surface area contributed by atoms with Crippen LogP contribution in [0.15, 0.2) is 65.3 Å². The number of methoxy groups -OCH3 is 1. The van der Waals surface area contributed by atoms with Crippen LogP contribution in [-0.4, -0.2) is 35.0 Å². The fourth-order valence-electron chi connectivity index (χ4n) is 2.49. The molecule has 0 bridgehead atoms. The lowest BCUT2D eigenvalue weighted by molar-refractivity contribution is -0.136. The van der Waals surface area contributed by atoms with Crippen molar-refractivity contribution in [3.63, 3.8) is 0 Å². The molecule has 0 spiro atoms. The second kappa shape index (κ2) is 8.55. The number of ether oxygens (including phenoxy) is 1. The summed E-state index contributed by atoms with van der Waals surface area (Å²) in [6, 6.07) is 16.5. The number of hydrogen-bond donors (Lipinski definition) is 1. The third kappa shape index (κ3) is 4.57. The van der Waals surface area contributed by atoms with Gasteiger partial charge >= 0.3 is 5.97 Å². The van der Waals surface area contributed by atoms with Crippen molar-refractivity contribution in [2.75, 3.05) is 17.8 Å². The second-order valence-electron chi connectivity index (χ2n) is 5.67. The maximum Gasteiger partial charge on any atom is 0.304 e. The van der Waals surface area contributed by atoms with Crippen molar-refractivity contribution >= 4 is 40.6 Å². The molecule has 0 saturated carbocycles. The van der Waals surface area contributed by atoms with E-state index in [2.05, 4.69) is 4.99 Å². The summed E-state index contributed by atoms with van der Waals surface area (Å²) in [5.41, 5.74) is 1.83. The zero-order chi connectivity index (χ0) is 19.2. The van der Waals surface area contributed by atoms with Crippen LogP contribution in [-0.2, 0) is 9.59 Å². The number of rotatable bonds is 6. The molecule has 0 fully saturated rings. The molecular weight excluding hydrogens is 364 g/mol. The Morgan fingerprint density at radius 1 is 1.19 bits per heavy atom. The van der Waals surface area contributed by atoms with E-state index in [0.717, 1.165) is 11.3 Å². The zero-order valence-electron chi connectivity index (χ0n) is 14.7. The van der Waals surface area contributed by atoms with Gasteiger partial charge in [0.25, 0.3) is 5.91 Å². The number of hydrogen-bond acceptors (Lipinski definition) is 5. The quantitative estimate of drug-likeness (QED) is 0.772. The van der Waals surface area contributed by atoms with E-state index in [1.807, 2.05) is 54.6 Å². The molecule has 1 heterocycles. The summed E-state index contributed by atoms with van der Waals surface area (Å²) >= 11 is 1.25. The number of carboxylic acids is 1. The summed E-state index contributed by atoms with van der Waals surface area (Å²) in [6.07, 6.45) is 1.71. The van der Waals surface area contributed by atoms with Gasteiger partial charge in [0.05, 0.1) is 19.2 Å². The van der Waals surface area contributed by atoms with Crippen LogP contribution < -0.4 is 9.64 Å². The Bertz CT molecular complexity index is 892. The standard InChI is InChI=1S/C20H18N2O4S/c1-26-16-9-7-14(8-10-16)13-17-19(25)22(15-5-3-2-4-6-15)20(21-17)27-12-11-18(23)24/h2-10,13H,11-12H2,1H3,(H,23,24)/b17-13+. The summed E-state index contributed by atoms with van der Waals surface area (Å²) < 4.78 is 5.14. The molecular formula is C20H18N2O4S. The first-order valence-electron chi connectivity index (χ1n) is 8.27. The Kier molecular flexibility index (Phi) is 5.93. The normalized spacial score (nSPS) is 15.1. The van der Waals surface area contributed by atoms with Crippen molar-refractivity contribution < 1.29 is 19.4 Å². The number of benzene rings is 2. The number of carbonyl (C=O) groups excluding carboxylic acids is 1. The lowest BCUT2D eigenvalue weighted by Crippen LogP contribution is -2.30. The smallest absolute Gasteiger partial charge is 0.304 e. The topological polar surface area (TPSA) is 79.2 Å². The van der Waals surface area contributed by atoms with Gasteiger partial charge in [-0.2, -0.15) is 0 Å². The minimum absolute atomic E-state index is 0.00195. The molecule has 1 N–H and O–H groups in total. The molecule has 0 aliphatic carbocycles. The highest BCUT2D eigenvalue weighted by Gasteiger charge is 2.31. The highest BCUT2D eigenvalue weighted by molar-refractivity contribution is 8.14. The number of anilines is 1. The Labute approximate surface area is 161 Å². The van der Waals surface area contributed by atoms with E-state index in [-0.39, 0.29) is 12.3 Å². The molecule has 6 nitrogen and oxygen atoms in total. The molecule has 27 heavy (non-hydrogen) atoms. The summed E-state index contributed by atoms with van der Waals surface area (Å²) in [5.74, 6) is -0.0580. The molecule has 0 saturated heterocycles. The highest BCUT2D eigenvalue weighted by Crippen LogP contribution is 2.29. The Morgan fingerprint density at radius 3 is 2.52 bits per heavy atom. The molecule has 0 atom stereocenters. The van der Waals surface area contributed by atoms with E-state index in [1.54, 1.807) is 13.2 Å². The van der Waals surface area contributed by atoms with E-state index in [0.29, 0.717) is 22.3 Å². The molecule has 0 unspecified atom stereocenters. The number of nitrogens with zero attached hydrogens (tertiary/aromatic N) is 2. The van der Waals surface area contributed by atoms with Gasteiger partial charge in [-0.15, -0.1) is 0 Å². The van der Waals surface area contributed by atoms with Gasteiger partial charge in [-0.3, -0.25) is 14.5 Å². The lowest BCUT2D eigenvalue weighted by atomic mass is 10.2. The van der Waals surface area contributed by atoms with Crippen molar-refractivity contribution in [2.24, 2.45) is 4.99 Å². The third-order valence-electron chi connectivity index (χ3n) is 3.81. The van der Waals surface area contributed by atoms with E-state index in [1.165, 1.54) is 16.7 Å². The van der Waals surface area contributed by atoms with Crippen LogP contribution >= 0.6 is 11.8 Å². The molecule has 1 aliphatic rings. The van der Waals surface area contributed by atoms with Gasteiger partial charge in [-0.25, -0.2) is 4.99 Å². The first kappa shape index (κ1) is 18.7. The van der Waals surface area contributed by atoms with Crippen LogP contribution in [0.5, 0.6) is 5.75 Å². The van der Waals surface area contributed by atoms with E-state index in [4.69, 9.17) is 9.84 Å². The number of aliphatic imine (C=N–C) groups is 1. The Morgan fingerprint density at radius 2 is 1.89 bits per heavy atom. The predicted molar refractivity (Wildman–Crippen MR) is 107 cm³/mol. The SMILES string of the molecule is COc1ccc(/C=C2/N=C(SCCC(=O)O)N(c3ccccc3)C2=O)cc1. The molecule has 7 heteroatoms. The number of carbonyl (C=O) groups is 2. The van der Waals surface area contributed by atoms with Gasteiger partial charge in [0.2, 0.25) is 0 Å². The number of thioether (sulfide) groups is 1. The van der Waals surface area contributed by atoms with Gasteiger partial charge in [-0.1, -0.05) is 42.1 Å². The molecule has 0 aromatic heterocycles. The van der Waals surface area contributed by atoms with Gasteiger partial charge in [0, 0.05) is 5.75 Å². The summed E-state index contributed by atoms with van der Waals surface area (Å²) in [7, 11) is 1.59. The van der Waals surface area contributed by atoms with Gasteiger partial charge in [0.1, 0.15) is 11.4 Å². The first-order chi connectivity index (χ1) is 13.1.